The molecule has 140 valence electrons. The number of hydrogen-bond acceptors (Lipinski definition) is 5. The molecule has 0 amide bonds. The van der Waals surface area contributed by atoms with Crippen LogP contribution in [0.2, 0.25) is 0 Å². The molecular formula is C22H25N3O2. The van der Waals surface area contributed by atoms with Gasteiger partial charge in [0, 0.05) is 30.8 Å². The summed E-state index contributed by atoms with van der Waals surface area (Å²) in [4.78, 5) is 6.98. The summed E-state index contributed by atoms with van der Waals surface area (Å²) in [6, 6.07) is 16.7. The zero-order chi connectivity index (χ0) is 18.6. The van der Waals surface area contributed by atoms with Gasteiger partial charge in [-0.05, 0) is 36.6 Å². The molecule has 5 nitrogen and oxygen atoms in total. The van der Waals surface area contributed by atoms with E-state index < -0.39 is 0 Å². The van der Waals surface area contributed by atoms with Gasteiger partial charge in [0.05, 0.1) is 12.7 Å². The van der Waals surface area contributed by atoms with Crippen molar-refractivity contribution < 1.29 is 9.26 Å². The summed E-state index contributed by atoms with van der Waals surface area (Å²) in [6.07, 6.45) is 1.33. The zero-order valence-corrected chi connectivity index (χ0v) is 15.9. The van der Waals surface area contributed by atoms with Gasteiger partial charge in [0.2, 0.25) is 5.82 Å². The fourth-order valence-electron chi connectivity index (χ4n) is 3.39. The molecule has 0 spiro atoms. The maximum Gasteiger partial charge on any atom is 0.258 e. The van der Waals surface area contributed by atoms with Crippen molar-refractivity contribution in [1.29, 1.82) is 0 Å². The third-order valence-corrected chi connectivity index (χ3v) is 4.98. The van der Waals surface area contributed by atoms with Crippen LogP contribution in [0.1, 0.15) is 25.0 Å². The van der Waals surface area contributed by atoms with E-state index in [1.54, 1.807) is 0 Å². The number of rotatable bonds is 5. The molecule has 4 rings (SSSR count). The average molecular weight is 363 g/mol. The van der Waals surface area contributed by atoms with Gasteiger partial charge in [-0.25, -0.2) is 0 Å². The van der Waals surface area contributed by atoms with Crippen LogP contribution in [0, 0.1) is 0 Å². The third kappa shape index (κ3) is 4.26. The fourth-order valence-corrected chi connectivity index (χ4v) is 3.39. The normalized spacial score (nSPS) is 17.9. The Morgan fingerprint density at radius 2 is 1.70 bits per heavy atom. The average Bonchev–Trinajstić information content (AvgIpc) is 3.19. The van der Waals surface area contributed by atoms with Gasteiger partial charge in [0.25, 0.3) is 5.89 Å². The molecule has 2 heterocycles. The molecule has 0 aliphatic carbocycles. The van der Waals surface area contributed by atoms with Crippen LogP contribution in [0.25, 0.3) is 22.8 Å². The molecule has 1 fully saturated rings. The van der Waals surface area contributed by atoms with Crippen molar-refractivity contribution in [3.8, 4) is 22.8 Å². The monoisotopic (exact) mass is 363 g/mol. The predicted molar refractivity (Wildman–Crippen MR) is 105 cm³/mol. The van der Waals surface area contributed by atoms with Gasteiger partial charge in [-0.15, -0.1) is 0 Å². The Morgan fingerprint density at radius 3 is 2.41 bits per heavy atom. The first kappa shape index (κ1) is 17.9. The first-order valence-corrected chi connectivity index (χ1v) is 9.57. The molecule has 0 radical (unpaired) electrons. The van der Waals surface area contributed by atoms with E-state index in [-0.39, 0.29) is 0 Å². The second kappa shape index (κ2) is 8.03. The van der Waals surface area contributed by atoms with Gasteiger partial charge in [-0.3, -0.25) is 4.90 Å². The highest BCUT2D eigenvalue weighted by Crippen LogP contribution is 2.23. The van der Waals surface area contributed by atoms with Crippen LogP contribution < -0.4 is 0 Å². The van der Waals surface area contributed by atoms with Crippen molar-refractivity contribution in [3.05, 3.63) is 59.7 Å². The molecule has 3 aromatic rings. The Morgan fingerprint density at radius 1 is 1.00 bits per heavy atom. The minimum atomic E-state index is 0.307. The summed E-state index contributed by atoms with van der Waals surface area (Å²) in [6.45, 7) is 7.97. The minimum Gasteiger partial charge on any atom is -0.376 e. The number of aromatic nitrogens is 2. The summed E-state index contributed by atoms with van der Waals surface area (Å²) >= 11 is 0. The predicted octanol–water partition coefficient (Wildman–Crippen LogP) is 4.19. The van der Waals surface area contributed by atoms with Crippen molar-refractivity contribution >= 4 is 0 Å². The maximum absolute atomic E-state index is 5.61. The van der Waals surface area contributed by atoms with E-state index in [4.69, 9.17) is 9.26 Å². The maximum atomic E-state index is 5.61. The first-order valence-electron chi connectivity index (χ1n) is 9.57. The summed E-state index contributed by atoms with van der Waals surface area (Å²) < 4.78 is 11.1. The molecule has 27 heavy (non-hydrogen) atoms. The fraction of sp³-hybridized carbons (Fsp3) is 0.364. The van der Waals surface area contributed by atoms with Crippen molar-refractivity contribution in [2.24, 2.45) is 0 Å². The molecule has 5 heteroatoms. The van der Waals surface area contributed by atoms with Gasteiger partial charge < -0.3 is 9.26 Å². The Hall–Kier alpha value is -2.50. The van der Waals surface area contributed by atoms with E-state index in [0.29, 0.717) is 17.8 Å². The lowest BCUT2D eigenvalue weighted by molar-refractivity contribution is -0.0212. The van der Waals surface area contributed by atoms with Crippen LogP contribution in [-0.2, 0) is 17.7 Å². The highest BCUT2D eigenvalue weighted by atomic mass is 16.5. The topological polar surface area (TPSA) is 51.4 Å². The highest BCUT2D eigenvalue weighted by molar-refractivity contribution is 5.60. The van der Waals surface area contributed by atoms with Gasteiger partial charge in [0.1, 0.15) is 0 Å². The number of hydrogen-bond donors (Lipinski definition) is 0. The molecule has 0 saturated carbocycles. The molecule has 1 aliphatic heterocycles. The molecule has 1 atom stereocenters. The Kier molecular flexibility index (Phi) is 5.32. The molecule has 1 saturated heterocycles. The van der Waals surface area contributed by atoms with Crippen LogP contribution in [0.3, 0.4) is 0 Å². The van der Waals surface area contributed by atoms with Gasteiger partial charge in [0.15, 0.2) is 0 Å². The van der Waals surface area contributed by atoms with E-state index >= 15 is 0 Å². The Balaban J connectivity index is 1.45. The molecular weight excluding hydrogens is 338 g/mol. The zero-order valence-electron chi connectivity index (χ0n) is 15.9. The van der Waals surface area contributed by atoms with E-state index in [9.17, 15) is 0 Å². The van der Waals surface area contributed by atoms with Crippen LogP contribution in [0.5, 0.6) is 0 Å². The van der Waals surface area contributed by atoms with Crippen molar-refractivity contribution in [3.63, 3.8) is 0 Å². The standard InChI is InChI=1S/C22H25N3O2/c1-3-17-4-8-19(9-5-17)21-23-22(27-24-21)20-10-6-18(7-11-20)15-25-12-13-26-16(2)14-25/h4-11,16H,3,12-15H2,1-2H3. The van der Waals surface area contributed by atoms with Gasteiger partial charge in [-0.1, -0.05) is 48.5 Å². The third-order valence-electron chi connectivity index (χ3n) is 4.98. The minimum absolute atomic E-state index is 0.307. The number of benzene rings is 2. The van der Waals surface area contributed by atoms with Crippen LogP contribution >= 0.6 is 0 Å². The van der Waals surface area contributed by atoms with Gasteiger partial charge >= 0.3 is 0 Å². The molecule has 1 aliphatic rings. The van der Waals surface area contributed by atoms with Crippen molar-refractivity contribution in [2.45, 2.75) is 32.9 Å². The molecule has 1 aromatic heterocycles. The highest BCUT2D eigenvalue weighted by Gasteiger charge is 2.17. The quantitative estimate of drug-likeness (QED) is 0.680. The number of ether oxygens (including phenoxy) is 1. The summed E-state index contributed by atoms with van der Waals surface area (Å²) in [5, 5.41) is 4.13. The van der Waals surface area contributed by atoms with E-state index in [0.717, 1.165) is 43.8 Å². The molecule has 0 N–H and O–H groups in total. The van der Waals surface area contributed by atoms with Gasteiger partial charge in [-0.2, -0.15) is 4.98 Å². The molecule has 2 aromatic carbocycles. The largest absolute Gasteiger partial charge is 0.376 e. The van der Waals surface area contributed by atoms with Crippen molar-refractivity contribution in [2.75, 3.05) is 19.7 Å². The second-order valence-corrected chi connectivity index (χ2v) is 7.09. The van der Waals surface area contributed by atoms with Crippen LogP contribution in [0.4, 0.5) is 0 Å². The summed E-state index contributed by atoms with van der Waals surface area (Å²) in [5.41, 5.74) is 4.49. The second-order valence-electron chi connectivity index (χ2n) is 7.09. The van der Waals surface area contributed by atoms with E-state index in [1.165, 1.54) is 11.1 Å². The lowest BCUT2D eigenvalue weighted by Gasteiger charge is -2.31. The SMILES string of the molecule is CCc1ccc(-c2noc(-c3ccc(CN4CCOC(C)C4)cc3)n2)cc1. The number of nitrogens with zero attached hydrogens (tertiary/aromatic N) is 3. The lowest BCUT2D eigenvalue weighted by Crippen LogP contribution is -2.40. The summed E-state index contributed by atoms with van der Waals surface area (Å²) in [7, 11) is 0. The first-order chi connectivity index (χ1) is 13.2. The number of aryl methyl sites for hydroxylation is 1. The number of morpholine rings is 1. The van der Waals surface area contributed by atoms with E-state index in [1.807, 2.05) is 12.1 Å². The Labute approximate surface area is 160 Å². The summed E-state index contributed by atoms with van der Waals surface area (Å²) in [5.74, 6) is 1.18. The lowest BCUT2D eigenvalue weighted by atomic mass is 10.1. The molecule has 0 bridgehead atoms. The van der Waals surface area contributed by atoms with Crippen molar-refractivity contribution in [1.82, 2.24) is 15.0 Å². The van der Waals surface area contributed by atoms with Crippen LogP contribution in [-0.4, -0.2) is 40.8 Å². The Bertz CT molecular complexity index is 871. The smallest absolute Gasteiger partial charge is 0.258 e. The molecule has 1 unspecified atom stereocenters. The van der Waals surface area contributed by atoms with Crippen LogP contribution in [0.15, 0.2) is 53.1 Å². The van der Waals surface area contributed by atoms with E-state index in [2.05, 4.69) is 65.3 Å².